The molecular formula is C27H23N3O6S. The van der Waals surface area contributed by atoms with E-state index in [-0.39, 0.29) is 23.0 Å². The summed E-state index contributed by atoms with van der Waals surface area (Å²) in [4.78, 5) is 37.7. The van der Waals surface area contributed by atoms with Gasteiger partial charge in [-0.25, -0.2) is 0 Å². The number of benzene rings is 3. The maximum Gasteiger partial charge on any atom is 0.270 e. The van der Waals surface area contributed by atoms with E-state index < -0.39 is 16.7 Å². The molecule has 1 aliphatic rings. The molecule has 0 aliphatic carbocycles. The highest BCUT2D eigenvalue weighted by molar-refractivity contribution is 7.80. The summed E-state index contributed by atoms with van der Waals surface area (Å²) in [6.07, 6.45) is 2.31. The zero-order valence-electron chi connectivity index (χ0n) is 20.1. The first-order valence-corrected chi connectivity index (χ1v) is 11.8. The maximum absolute atomic E-state index is 13.3. The Morgan fingerprint density at radius 3 is 2.46 bits per heavy atom. The van der Waals surface area contributed by atoms with Crippen LogP contribution in [0.4, 0.5) is 11.4 Å². The van der Waals surface area contributed by atoms with E-state index in [2.05, 4.69) is 5.32 Å². The number of amides is 2. The second-order valence-electron chi connectivity index (χ2n) is 8.10. The molecule has 3 aromatic rings. The molecule has 0 aromatic heterocycles. The van der Waals surface area contributed by atoms with E-state index in [9.17, 15) is 19.7 Å². The van der Waals surface area contributed by atoms with Gasteiger partial charge in [0.05, 0.1) is 17.7 Å². The van der Waals surface area contributed by atoms with Gasteiger partial charge in [-0.3, -0.25) is 29.9 Å². The monoisotopic (exact) mass is 517 g/mol. The minimum Gasteiger partial charge on any atom is -0.493 e. The number of rotatable bonds is 8. The lowest BCUT2D eigenvalue weighted by atomic mass is 10.1. The number of anilines is 1. The van der Waals surface area contributed by atoms with Crippen LogP contribution in [0, 0.1) is 10.1 Å². The number of hydrogen-bond acceptors (Lipinski definition) is 7. The fraction of sp³-hybridized carbons (Fsp3) is 0.148. The van der Waals surface area contributed by atoms with Crippen molar-refractivity contribution in [2.45, 2.75) is 20.0 Å². The lowest BCUT2D eigenvalue weighted by Gasteiger charge is -2.29. The van der Waals surface area contributed by atoms with E-state index in [1.54, 1.807) is 42.5 Å². The van der Waals surface area contributed by atoms with Gasteiger partial charge in [-0.1, -0.05) is 37.3 Å². The van der Waals surface area contributed by atoms with Crippen LogP contribution in [0.25, 0.3) is 6.08 Å². The quantitative estimate of drug-likeness (QED) is 0.153. The van der Waals surface area contributed by atoms with Crippen LogP contribution in [-0.2, 0) is 22.6 Å². The number of nitrogens with one attached hydrogen (secondary N) is 1. The standard InChI is InChI=1S/C27H23N3O6S/c1-3-17-7-10-20(11-8-17)29-26(32)22(25(31)28-27(29)37)14-18-9-12-23(24(15-18)35-2)36-16-19-5-4-6-21(13-19)30(33)34/h4-15H,3,16H2,1-2H3,(H,28,31,37)/b22-14+. The maximum atomic E-state index is 13.3. The molecule has 0 saturated carbocycles. The third-order valence-corrected chi connectivity index (χ3v) is 6.00. The highest BCUT2D eigenvalue weighted by Crippen LogP contribution is 2.31. The summed E-state index contributed by atoms with van der Waals surface area (Å²) in [5, 5.41) is 13.6. The predicted molar refractivity (Wildman–Crippen MR) is 142 cm³/mol. The summed E-state index contributed by atoms with van der Waals surface area (Å²) in [6.45, 7) is 2.12. The Balaban J connectivity index is 1.57. The number of nitro benzene ring substituents is 1. The molecule has 0 bridgehead atoms. The van der Waals surface area contributed by atoms with E-state index in [0.717, 1.165) is 12.0 Å². The van der Waals surface area contributed by atoms with Crippen LogP contribution < -0.4 is 19.7 Å². The van der Waals surface area contributed by atoms with Crippen molar-refractivity contribution in [2.24, 2.45) is 0 Å². The van der Waals surface area contributed by atoms with Crippen molar-refractivity contribution >= 4 is 46.6 Å². The summed E-state index contributed by atoms with van der Waals surface area (Å²) in [7, 11) is 1.46. The zero-order chi connectivity index (χ0) is 26.5. The molecule has 1 heterocycles. The van der Waals surface area contributed by atoms with Crippen LogP contribution in [0.1, 0.15) is 23.6 Å². The van der Waals surface area contributed by atoms with Crippen LogP contribution in [0.3, 0.4) is 0 Å². The van der Waals surface area contributed by atoms with Crippen molar-refractivity contribution in [3.05, 3.63) is 99.1 Å². The van der Waals surface area contributed by atoms with Crippen molar-refractivity contribution < 1.29 is 24.0 Å². The first kappa shape index (κ1) is 25.5. The Labute approximate surface area is 218 Å². The molecule has 1 N–H and O–H groups in total. The van der Waals surface area contributed by atoms with E-state index >= 15 is 0 Å². The van der Waals surface area contributed by atoms with Gasteiger partial charge in [-0.2, -0.15) is 0 Å². The van der Waals surface area contributed by atoms with Crippen LogP contribution in [0.5, 0.6) is 11.5 Å². The smallest absolute Gasteiger partial charge is 0.270 e. The molecule has 0 unspecified atom stereocenters. The molecule has 37 heavy (non-hydrogen) atoms. The highest BCUT2D eigenvalue weighted by atomic mass is 32.1. The second-order valence-corrected chi connectivity index (χ2v) is 8.49. The van der Waals surface area contributed by atoms with Gasteiger partial charge in [0.1, 0.15) is 12.2 Å². The molecule has 0 spiro atoms. The topological polar surface area (TPSA) is 111 Å². The van der Waals surface area contributed by atoms with Crippen LogP contribution in [-0.4, -0.2) is 29.0 Å². The largest absolute Gasteiger partial charge is 0.493 e. The van der Waals surface area contributed by atoms with Gasteiger partial charge < -0.3 is 9.47 Å². The summed E-state index contributed by atoms with van der Waals surface area (Å²) >= 11 is 5.26. The molecule has 0 atom stereocenters. The summed E-state index contributed by atoms with van der Waals surface area (Å²) in [6, 6.07) is 18.5. The van der Waals surface area contributed by atoms with Gasteiger partial charge in [0.15, 0.2) is 16.6 Å². The zero-order valence-corrected chi connectivity index (χ0v) is 20.9. The lowest BCUT2D eigenvalue weighted by Crippen LogP contribution is -2.54. The molecule has 0 radical (unpaired) electrons. The SMILES string of the molecule is CCc1ccc(N2C(=O)/C(=C/c3ccc(OCc4cccc([N+](=O)[O-])c4)c(OC)c3)C(=O)NC2=S)cc1. The number of aryl methyl sites for hydroxylation is 1. The van der Waals surface area contributed by atoms with Gasteiger partial charge in [0.2, 0.25) is 0 Å². The van der Waals surface area contributed by atoms with Crippen molar-refractivity contribution in [2.75, 3.05) is 12.0 Å². The molecule has 3 aromatic carbocycles. The van der Waals surface area contributed by atoms with E-state index in [1.807, 2.05) is 19.1 Å². The van der Waals surface area contributed by atoms with Gasteiger partial charge in [-0.05, 0) is 65.7 Å². The molecule has 4 rings (SSSR count). The number of hydrogen-bond donors (Lipinski definition) is 1. The molecule has 1 fully saturated rings. The minimum atomic E-state index is -0.596. The number of ether oxygens (including phenoxy) is 2. The van der Waals surface area contributed by atoms with Gasteiger partial charge in [0, 0.05) is 12.1 Å². The summed E-state index contributed by atoms with van der Waals surface area (Å²) < 4.78 is 11.2. The van der Waals surface area contributed by atoms with Crippen LogP contribution >= 0.6 is 12.2 Å². The Morgan fingerprint density at radius 2 is 1.78 bits per heavy atom. The second kappa shape index (κ2) is 11.0. The van der Waals surface area contributed by atoms with E-state index in [0.29, 0.717) is 28.3 Å². The Bertz CT molecular complexity index is 1420. The molecule has 9 nitrogen and oxygen atoms in total. The Hall–Kier alpha value is -4.57. The number of carbonyl (C=O) groups is 2. The molecule has 1 aliphatic heterocycles. The molecule has 2 amide bonds. The van der Waals surface area contributed by atoms with Crippen LogP contribution in [0.2, 0.25) is 0 Å². The molecule has 188 valence electrons. The summed E-state index contributed by atoms with van der Waals surface area (Å²) in [5.41, 5.74) is 2.71. The lowest BCUT2D eigenvalue weighted by molar-refractivity contribution is -0.384. The third-order valence-electron chi connectivity index (χ3n) is 5.72. The van der Waals surface area contributed by atoms with E-state index in [1.165, 1.54) is 30.2 Å². The Morgan fingerprint density at radius 1 is 1.03 bits per heavy atom. The number of methoxy groups -OCH3 is 1. The first-order valence-electron chi connectivity index (χ1n) is 11.3. The van der Waals surface area contributed by atoms with E-state index in [4.69, 9.17) is 21.7 Å². The minimum absolute atomic E-state index is 0.0128. The van der Waals surface area contributed by atoms with Gasteiger partial charge in [0.25, 0.3) is 17.5 Å². The number of thiocarbonyl (C=S) groups is 1. The van der Waals surface area contributed by atoms with Crippen molar-refractivity contribution in [1.29, 1.82) is 0 Å². The number of non-ortho nitro benzene ring substituents is 1. The van der Waals surface area contributed by atoms with Crippen LogP contribution in [0.15, 0.2) is 72.3 Å². The molecular weight excluding hydrogens is 494 g/mol. The highest BCUT2D eigenvalue weighted by Gasteiger charge is 2.34. The normalized spacial score (nSPS) is 14.5. The Kier molecular flexibility index (Phi) is 7.59. The first-order chi connectivity index (χ1) is 17.8. The van der Waals surface area contributed by atoms with Crippen molar-refractivity contribution in [3.63, 3.8) is 0 Å². The third kappa shape index (κ3) is 5.65. The van der Waals surface area contributed by atoms with Gasteiger partial charge in [-0.15, -0.1) is 0 Å². The summed E-state index contributed by atoms with van der Waals surface area (Å²) in [5.74, 6) is -0.371. The molecule has 10 heteroatoms. The van der Waals surface area contributed by atoms with Crippen molar-refractivity contribution in [1.82, 2.24) is 5.32 Å². The number of nitrogens with zero attached hydrogens (tertiary/aromatic N) is 2. The molecule has 1 saturated heterocycles. The predicted octanol–water partition coefficient (Wildman–Crippen LogP) is 4.58. The number of carbonyl (C=O) groups excluding carboxylic acids is 2. The number of nitro groups is 1. The van der Waals surface area contributed by atoms with Gasteiger partial charge >= 0.3 is 0 Å². The van der Waals surface area contributed by atoms with Crippen molar-refractivity contribution in [3.8, 4) is 11.5 Å². The average molecular weight is 518 g/mol. The fourth-order valence-corrected chi connectivity index (χ4v) is 4.03. The fourth-order valence-electron chi connectivity index (χ4n) is 3.75. The average Bonchev–Trinajstić information content (AvgIpc) is 2.90.